The number of ether oxygens (including phenoxy) is 1. The van der Waals surface area contributed by atoms with E-state index in [1.807, 2.05) is 28.0 Å². The van der Waals surface area contributed by atoms with Crippen molar-refractivity contribution in [2.24, 2.45) is 0 Å². The SMILES string of the molecule is COc1cccc(NC(=O)CN2CCN(c3ccc(C(C)=O)cc3F)CC2)c1. The van der Waals surface area contributed by atoms with Gasteiger partial charge in [-0.1, -0.05) is 6.07 Å². The van der Waals surface area contributed by atoms with E-state index in [0.29, 0.717) is 48.9 Å². The maximum absolute atomic E-state index is 14.3. The highest BCUT2D eigenvalue weighted by molar-refractivity contribution is 5.94. The first kappa shape index (κ1) is 19.8. The van der Waals surface area contributed by atoms with Crippen molar-refractivity contribution in [1.82, 2.24) is 4.90 Å². The Bertz CT molecular complexity index is 864. The van der Waals surface area contributed by atoms with E-state index in [0.717, 1.165) is 0 Å². The molecule has 2 aromatic rings. The lowest BCUT2D eigenvalue weighted by Gasteiger charge is -2.35. The van der Waals surface area contributed by atoms with E-state index < -0.39 is 5.82 Å². The largest absolute Gasteiger partial charge is 0.497 e. The molecule has 0 saturated carbocycles. The second kappa shape index (κ2) is 8.84. The lowest BCUT2D eigenvalue weighted by Crippen LogP contribution is -2.48. The highest BCUT2D eigenvalue weighted by atomic mass is 19.1. The summed E-state index contributed by atoms with van der Waals surface area (Å²) in [5.41, 5.74) is 1.55. The van der Waals surface area contributed by atoms with E-state index >= 15 is 0 Å². The number of piperazine rings is 1. The van der Waals surface area contributed by atoms with Crippen molar-refractivity contribution in [3.63, 3.8) is 0 Å². The number of carbonyl (C=O) groups is 2. The number of nitrogens with one attached hydrogen (secondary N) is 1. The predicted octanol–water partition coefficient (Wildman–Crippen LogP) is 2.80. The molecule has 1 aliphatic rings. The smallest absolute Gasteiger partial charge is 0.238 e. The maximum Gasteiger partial charge on any atom is 0.238 e. The number of hydrogen-bond acceptors (Lipinski definition) is 5. The van der Waals surface area contributed by atoms with Gasteiger partial charge in [0.05, 0.1) is 19.3 Å². The summed E-state index contributed by atoms with van der Waals surface area (Å²) in [6, 6.07) is 11.8. The number of anilines is 2. The predicted molar refractivity (Wildman–Crippen MR) is 107 cm³/mol. The molecule has 0 aliphatic carbocycles. The maximum atomic E-state index is 14.3. The molecule has 0 spiro atoms. The third kappa shape index (κ3) is 4.86. The molecule has 6 nitrogen and oxygen atoms in total. The van der Waals surface area contributed by atoms with Crippen LogP contribution in [0.25, 0.3) is 0 Å². The number of methoxy groups -OCH3 is 1. The molecule has 1 N–H and O–H groups in total. The second-order valence-corrected chi connectivity index (χ2v) is 6.77. The molecule has 148 valence electrons. The quantitative estimate of drug-likeness (QED) is 0.775. The Morgan fingerprint density at radius 1 is 1.11 bits per heavy atom. The van der Waals surface area contributed by atoms with Crippen LogP contribution in [-0.2, 0) is 4.79 Å². The zero-order valence-electron chi connectivity index (χ0n) is 16.1. The molecule has 1 fully saturated rings. The van der Waals surface area contributed by atoms with Gasteiger partial charge in [0, 0.05) is 43.5 Å². The number of nitrogens with zero attached hydrogens (tertiary/aromatic N) is 2. The summed E-state index contributed by atoms with van der Waals surface area (Å²) in [4.78, 5) is 27.6. The van der Waals surface area contributed by atoms with Crippen molar-refractivity contribution in [2.45, 2.75) is 6.92 Å². The Hall–Kier alpha value is -2.93. The van der Waals surface area contributed by atoms with Gasteiger partial charge in [0.1, 0.15) is 11.6 Å². The normalized spacial score (nSPS) is 14.6. The Balaban J connectivity index is 1.52. The van der Waals surface area contributed by atoms with Crippen LogP contribution in [0.15, 0.2) is 42.5 Å². The number of Topliss-reactive ketones (excluding diaryl/α,β-unsaturated/α-hetero) is 1. The van der Waals surface area contributed by atoms with Crippen molar-refractivity contribution in [2.75, 3.05) is 50.1 Å². The van der Waals surface area contributed by atoms with Gasteiger partial charge in [-0.2, -0.15) is 0 Å². The molecule has 2 aromatic carbocycles. The summed E-state index contributed by atoms with van der Waals surface area (Å²) in [5.74, 6) is 0.0390. The summed E-state index contributed by atoms with van der Waals surface area (Å²) in [5, 5.41) is 2.87. The molecule has 1 saturated heterocycles. The van der Waals surface area contributed by atoms with Gasteiger partial charge in [0.15, 0.2) is 5.78 Å². The van der Waals surface area contributed by atoms with E-state index in [2.05, 4.69) is 5.32 Å². The van der Waals surface area contributed by atoms with Gasteiger partial charge in [-0.25, -0.2) is 4.39 Å². The molecule has 1 heterocycles. The molecule has 1 amide bonds. The molecule has 0 aromatic heterocycles. The van der Waals surface area contributed by atoms with Crippen molar-refractivity contribution >= 4 is 23.1 Å². The fraction of sp³-hybridized carbons (Fsp3) is 0.333. The van der Waals surface area contributed by atoms with E-state index in [-0.39, 0.29) is 18.2 Å². The van der Waals surface area contributed by atoms with E-state index in [1.165, 1.54) is 13.0 Å². The Morgan fingerprint density at radius 2 is 1.86 bits per heavy atom. The number of amides is 1. The minimum atomic E-state index is -0.392. The van der Waals surface area contributed by atoms with Crippen LogP contribution in [0.2, 0.25) is 0 Å². The molecule has 28 heavy (non-hydrogen) atoms. The van der Waals surface area contributed by atoms with Crippen LogP contribution in [0.3, 0.4) is 0 Å². The van der Waals surface area contributed by atoms with Gasteiger partial charge in [0.2, 0.25) is 5.91 Å². The van der Waals surface area contributed by atoms with Crippen LogP contribution in [0.1, 0.15) is 17.3 Å². The lowest BCUT2D eigenvalue weighted by molar-refractivity contribution is -0.117. The van der Waals surface area contributed by atoms with E-state index in [1.54, 1.807) is 25.3 Å². The molecule has 0 bridgehead atoms. The van der Waals surface area contributed by atoms with E-state index in [9.17, 15) is 14.0 Å². The summed E-state index contributed by atoms with van der Waals surface area (Å²) in [7, 11) is 1.58. The van der Waals surface area contributed by atoms with Gasteiger partial charge >= 0.3 is 0 Å². The van der Waals surface area contributed by atoms with Crippen molar-refractivity contribution in [3.8, 4) is 5.75 Å². The van der Waals surface area contributed by atoms with Gasteiger partial charge in [0.25, 0.3) is 0 Å². The van der Waals surface area contributed by atoms with Gasteiger partial charge in [-0.3, -0.25) is 14.5 Å². The molecule has 0 atom stereocenters. The van der Waals surface area contributed by atoms with Crippen LogP contribution >= 0.6 is 0 Å². The number of benzene rings is 2. The van der Waals surface area contributed by atoms with Crippen LogP contribution in [-0.4, -0.2) is 56.4 Å². The molecule has 0 unspecified atom stereocenters. The standard InChI is InChI=1S/C21H24FN3O3/c1-15(26)16-6-7-20(19(22)12-16)25-10-8-24(9-11-25)14-21(27)23-17-4-3-5-18(13-17)28-2/h3-7,12-13H,8-11,14H2,1-2H3,(H,23,27). The Labute approximate surface area is 163 Å². The zero-order chi connectivity index (χ0) is 20.1. The van der Waals surface area contributed by atoms with Gasteiger partial charge in [-0.15, -0.1) is 0 Å². The van der Waals surface area contributed by atoms with Crippen LogP contribution in [0.5, 0.6) is 5.75 Å². The molecular weight excluding hydrogens is 361 g/mol. The van der Waals surface area contributed by atoms with Crippen molar-refractivity contribution in [3.05, 3.63) is 53.8 Å². The van der Waals surface area contributed by atoms with E-state index in [4.69, 9.17) is 4.74 Å². The van der Waals surface area contributed by atoms with Gasteiger partial charge < -0.3 is 15.0 Å². The topological polar surface area (TPSA) is 61.9 Å². The van der Waals surface area contributed by atoms with Crippen molar-refractivity contribution in [1.29, 1.82) is 0 Å². The average molecular weight is 385 g/mol. The Kier molecular flexibility index (Phi) is 6.26. The minimum Gasteiger partial charge on any atom is -0.497 e. The minimum absolute atomic E-state index is 0.0984. The first-order valence-electron chi connectivity index (χ1n) is 9.18. The molecule has 7 heteroatoms. The second-order valence-electron chi connectivity index (χ2n) is 6.77. The fourth-order valence-corrected chi connectivity index (χ4v) is 3.23. The Morgan fingerprint density at radius 3 is 2.50 bits per heavy atom. The average Bonchev–Trinajstić information content (AvgIpc) is 2.68. The number of rotatable bonds is 6. The third-order valence-electron chi connectivity index (χ3n) is 4.79. The molecule has 3 rings (SSSR count). The third-order valence-corrected chi connectivity index (χ3v) is 4.79. The highest BCUT2D eigenvalue weighted by Crippen LogP contribution is 2.22. The zero-order valence-corrected chi connectivity index (χ0v) is 16.1. The first-order chi connectivity index (χ1) is 13.5. The summed E-state index contributed by atoms with van der Waals surface area (Å²) in [6.07, 6.45) is 0. The summed E-state index contributed by atoms with van der Waals surface area (Å²) in [6.45, 7) is 4.23. The summed E-state index contributed by atoms with van der Waals surface area (Å²) >= 11 is 0. The number of halogens is 1. The highest BCUT2D eigenvalue weighted by Gasteiger charge is 2.21. The van der Waals surface area contributed by atoms with Crippen molar-refractivity contribution < 1.29 is 18.7 Å². The van der Waals surface area contributed by atoms with Crippen LogP contribution in [0.4, 0.5) is 15.8 Å². The summed E-state index contributed by atoms with van der Waals surface area (Å²) < 4.78 is 19.5. The molecule has 1 aliphatic heterocycles. The molecule has 0 radical (unpaired) electrons. The monoisotopic (exact) mass is 385 g/mol. The van der Waals surface area contributed by atoms with Crippen LogP contribution < -0.4 is 15.0 Å². The molecular formula is C21H24FN3O3. The fourth-order valence-electron chi connectivity index (χ4n) is 3.23. The number of ketones is 1. The first-order valence-corrected chi connectivity index (χ1v) is 9.18. The van der Waals surface area contributed by atoms with Crippen LogP contribution in [0, 0.1) is 5.82 Å². The van der Waals surface area contributed by atoms with Gasteiger partial charge in [-0.05, 0) is 37.3 Å². The number of hydrogen-bond donors (Lipinski definition) is 1. The lowest BCUT2D eigenvalue weighted by atomic mass is 10.1. The number of carbonyl (C=O) groups excluding carboxylic acids is 2.